The summed E-state index contributed by atoms with van der Waals surface area (Å²) >= 11 is 0. The highest BCUT2D eigenvalue weighted by atomic mass is 19.1. The van der Waals surface area contributed by atoms with Crippen molar-refractivity contribution in [1.29, 1.82) is 5.26 Å². The van der Waals surface area contributed by atoms with E-state index in [1.54, 1.807) is 29.0 Å². The largest absolute Gasteiger partial charge is 0.493 e. The molecule has 5 rings (SSSR count). The lowest BCUT2D eigenvalue weighted by atomic mass is 9.96. The molecule has 8 nitrogen and oxygen atoms in total. The number of fused-ring (bicyclic) bond motifs is 1. The molecule has 3 aromatic carbocycles. The third kappa shape index (κ3) is 5.12. The molecule has 0 atom stereocenters. The van der Waals surface area contributed by atoms with Crippen molar-refractivity contribution in [2.24, 2.45) is 0 Å². The van der Waals surface area contributed by atoms with Crippen LogP contribution < -0.4 is 20.2 Å². The van der Waals surface area contributed by atoms with Crippen molar-refractivity contribution >= 4 is 22.6 Å². The lowest BCUT2D eigenvalue weighted by Gasteiger charge is -2.18. The number of carboxylic acid groups (broad SMARTS) is 1. The summed E-state index contributed by atoms with van der Waals surface area (Å²) in [7, 11) is 2.92. The number of ether oxygens (including phenoxy) is 2. The van der Waals surface area contributed by atoms with Crippen molar-refractivity contribution in [3.63, 3.8) is 0 Å². The first kappa shape index (κ1) is 26.5. The second-order valence-corrected chi connectivity index (χ2v) is 9.51. The van der Waals surface area contributed by atoms with Crippen LogP contribution in [0, 0.1) is 17.1 Å². The molecule has 1 heterocycles. The van der Waals surface area contributed by atoms with Gasteiger partial charge in [0.25, 0.3) is 0 Å². The third-order valence-electron chi connectivity index (χ3n) is 6.85. The zero-order chi connectivity index (χ0) is 28.4. The normalized spacial score (nSPS) is 13.1. The number of halogens is 1. The third-order valence-corrected chi connectivity index (χ3v) is 6.85. The molecule has 0 spiro atoms. The second-order valence-electron chi connectivity index (χ2n) is 9.51. The van der Waals surface area contributed by atoms with E-state index in [0.717, 1.165) is 24.6 Å². The number of rotatable bonds is 9. The minimum atomic E-state index is -1.35. The van der Waals surface area contributed by atoms with Crippen LogP contribution in [0.3, 0.4) is 0 Å². The molecule has 40 heavy (non-hydrogen) atoms. The molecule has 1 saturated carbocycles. The van der Waals surface area contributed by atoms with Gasteiger partial charge in [0.05, 0.1) is 25.8 Å². The average Bonchev–Trinajstić information content (AvgIpc) is 3.81. The van der Waals surface area contributed by atoms with Crippen molar-refractivity contribution in [3.05, 3.63) is 99.7 Å². The summed E-state index contributed by atoms with van der Waals surface area (Å²) in [5.74, 6) is -1.43. The molecule has 1 aliphatic carbocycles. The van der Waals surface area contributed by atoms with Gasteiger partial charge >= 0.3 is 5.97 Å². The molecule has 0 radical (unpaired) electrons. The Kier molecular flexibility index (Phi) is 7.25. The molecule has 0 saturated heterocycles. The molecular formula is C31H26FN3O5. The van der Waals surface area contributed by atoms with E-state index in [1.807, 2.05) is 30.3 Å². The molecule has 9 heteroatoms. The second kappa shape index (κ2) is 10.9. The molecular weight excluding hydrogens is 513 g/mol. The van der Waals surface area contributed by atoms with Gasteiger partial charge in [-0.15, -0.1) is 0 Å². The van der Waals surface area contributed by atoms with Crippen LogP contribution in [0.25, 0.3) is 22.0 Å². The summed E-state index contributed by atoms with van der Waals surface area (Å²) in [5, 5.41) is 22.4. The number of benzene rings is 3. The number of nitriles is 1. The van der Waals surface area contributed by atoms with Crippen LogP contribution in [0.1, 0.15) is 34.8 Å². The number of hydrogen-bond donors (Lipinski definition) is 2. The number of allylic oxidation sites excluding steroid dienone is 1. The summed E-state index contributed by atoms with van der Waals surface area (Å²) < 4.78 is 28.6. The molecule has 2 N–H and O–H groups in total. The van der Waals surface area contributed by atoms with E-state index in [9.17, 15) is 20.0 Å². The molecule has 0 aliphatic heterocycles. The van der Waals surface area contributed by atoms with Crippen LogP contribution in [-0.4, -0.2) is 29.9 Å². The predicted octanol–water partition coefficient (Wildman–Crippen LogP) is 5.92. The van der Waals surface area contributed by atoms with Crippen LogP contribution in [0.15, 0.2) is 77.4 Å². The Morgan fingerprint density at radius 1 is 1.15 bits per heavy atom. The van der Waals surface area contributed by atoms with Crippen molar-refractivity contribution in [2.45, 2.75) is 25.3 Å². The molecule has 202 valence electrons. The van der Waals surface area contributed by atoms with E-state index in [4.69, 9.17) is 9.47 Å². The minimum Gasteiger partial charge on any atom is -0.493 e. The Hall–Kier alpha value is -5.10. The van der Waals surface area contributed by atoms with E-state index in [-0.39, 0.29) is 29.2 Å². The predicted molar refractivity (Wildman–Crippen MR) is 149 cm³/mol. The van der Waals surface area contributed by atoms with Crippen molar-refractivity contribution in [2.75, 3.05) is 19.5 Å². The van der Waals surface area contributed by atoms with E-state index in [1.165, 1.54) is 20.4 Å². The number of aromatic nitrogens is 1. The zero-order valence-corrected chi connectivity index (χ0v) is 21.9. The monoisotopic (exact) mass is 539 g/mol. The van der Waals surface area contributed by atoms with Crippen molar-refractivity contribution in [1.82, 2.24) is 4.57 Å². The van der Waals surface area contributed by atoms with Crippen LogP contribution in [0.4, 0.5) is 10.1 Å². The number of anilines is 1. The number of pyridine rings is 1. The minimum absolute atomic E-state index is 0.00294. The van der Waals surface area contributed by atoms with Gasteiger partial charge < -0.3 is 24.5 Å². The van der Waals surface area contributed by atoms with Gasteiger partial charge in [0.15, 0.2) is 11.5 Å². The highest BCUT2D eigenvalue weighted by Gasteiger charge is 2.28. The maximum absolute atomic E-state index is 15.7. The summed E-state index contributed by atoms with van der Waals surface area (Å²) in [6.07, 6.45) is 4.85. The fourth-order valence-corrected chi connectivity index (χ4v) is 4.75. The lowest BCUT2D eigenvalue weighted by molar-refractivity contribution is 0.0695. The summed E-state index contributed by atoms with van der Waals surface area (Å²) in [6, 6.07) is 17.7. The summed E-state index contributed by atoms with van der Waals surface area (Å²) in [6.45, 7) is 0. The molecule has 0 unspecified atom stereocenters. The van der Waals surface area contributed by atoms with Crippen LogP contribution in [0.5, 0.6) is 11.5 Å². The number of methoxy groups -OCH3 is 2. The quantitative estimate of drug-likeness (QED) is 0.254. The molecule has 1 fully saturated rings. The zero-order valence-electron chi connectivity index (χ0n) is 21.9. The van der Waals surface area contributed by atoms with Gasteiger partial charge in [-0.1, -0.05) is 18.2 Å². The maximum atomic E-state index is 15.7. The van der Waals surface area contributed by atoms with E-state index >= 15 is 4.39 Å². The highest BCUT2D eigenvalue weighted by Crippen LogP contribution is 2.43. The van der Waals surface area contributed by atoms with Gasteiger partial charge in [0.1, 0.15) is 11.4 Å². The highest BCUT2D eigenvalue weighted by molar-refractivity contribution is 5.94. The number of carboxylic acids is 1. The first-order chi connectivity index (χ1) is 19.3. The van der Waals surface area contributed by atoms with Gasteiger partial charge in [0, 0.05) is 52.6 Å². The number of hydrogen-bond acceptors (Lipinski definition) is 6. The van der Waals surface area contributed by atoms with Crippen LogP contribution >= 0.6 is 0 Å². The lowest BCUT2D eigenvalue weighted by Crippen LogP contribution is -2.19. The molecule has 1 aliphatic rings. The smallest absolute Gasteiger partial charge is 0.341 e. The maximum Gasteiger partial charge on any atom is 0.341 e. The number of nitrogens with one attached hydrogen (secondary N) is 1. The Labute approximate surface area is 229 Å². The molecule has 1 aromatic heterocycles. The summed E-state index contributed by atoms with van der Waals surface area (Å²) in [4.78, 5) is 24.6. The topological polar surface area (TPSA) is 114 Å². The van der Waals surface area contributed by atoms with Gasteiger partial charge in [-0.25, -0.2) is 9.18 Å². The first-order valence-corrected chi connectivity index (χ1v) is 12.6. The van der Waals surface area contributed by atoms with Crippen molar-refractivity contribution in [3.8, 4) is 28.7 Å². The Balaban J connectivity index is 1.64. The average molecular weight is 540 g/mol. The van der Waals surface area contributed by atoms with Crippen LogP contribution in [-0.2, 0) is 6.42 Å². The Bertz CT molecular complexity index is 1750. The van der Waals surface area contributed by atoms with Crippen molar-refractivity contribution < 1.29 is 23.8 Å². The number of carbonyl (C=O) groups is 1. The number of para-hydroxylation sites is 1. The van der Waals surface area contributed by atoms with E-state index in [2.05, 4.69) is 11.4 Å². The number of aromatic carboxylic acids is 1. The molecule has 0 bridgehead atoms. The molecule has 4 aromatic rings. The van der Waals surface area contributed by atoms with Gasteiger partial charge in [0.2, 0.25) is 5.43 Å². The number of nitrogens with zero attached hydrogens (tertiary/aromatic N) is 2. The van der Waals surface area contributed by atoms with Gasteiger partial charge in [-0.3, -0.25) is 4.79 Å². The fraction of sp³-hybridized carbons (Fsp3) is 0.194. The Morgan fingerprint density at radius 2 is 1.90 bits per heavy atom. The van der Waals surface area contributed by atoms with E-state index in [0.29, 0.717) is 28.0 Å². The fourth-order valence-electron chi connectivity index (χ4n) is 4.75. The molecule has 0 amide bonds. The van der Waals surface area contributed by atoms with Crippen LogP contribution in [0.2, 0.25) is 0 Å². The van der Waals surface area contributed by atoms with Gasteiger partial charge in [-0.2, -0.15) is 5.26 Å². The summed E-state index contributed by atoms with van der Waals surface area (Å²) in [5.41, 5.74) is 1.78. The van der Waals surface area contributed by atoms with E-state index < -0.39 is 22.8 Å². The first-order valence-electron chi connectivity index (χ1n) is 12.6. The SMILES string of the molecule is COc1cc(CC(C#N)=CNc2ccccc2)cc(-c2cc3c(cc2F)c(=O)c(C(=O)O)cn3C2CC2)c1OC. The van der Waals surface area contributed by atoms with Gasteiger partial charge in [-0.05, 0) is 54.8 Å². The standard InChI is InChI=1S/C31H26FN3O5/c1-39-28-12-18(10-19(15-33)16-34-20-6-4-3-5-7-20)11-23(30(28)40-2)22-14-27-24(13-26(22)32)29(36)25(31(37)38)17-35(27)21-8-9-21/h3-7,11-14,16-17,21,34H,8-10H2,1-2H3,(H,37,38). The Morgan fingerprint density at radius 3 is 2.52 bits per heavy atom.